The molecule has 0 bridgehead atoms. The van der Waals surface area contributed by atoms with Crippen LogP contribution in [-0.2, 0) is 0 Å². The number of carbonyl (C=O) groups is 2. The third kappa shape index (κ3) is 2.71. The fourth-order valence-electron chi connectivity index (χ4n) is 2.04. The average molecular weight is 276 g/mol. The molecule has 0 radical (unpaired) electrons. The Balaban J connectivity index is 2.49. The first-order valence-electron chi connectivity index (χ1n) is 6.50. The molecule has 4 nitrogen and oxygen atoms in total. The lowest BCUT2D eigenvalue weighted by atomic mass is 10.1. The predicted molar refractivity (Wildman–Crippen MR) is 75.4 cm³/mol. The number of aromatic nitrogens is 1. The molecule has 1 heterocycles. The molecular weight excluding hydrogens is 259 g/mol. The maximum absolute atomic E-state index is 13.4. The van der Waals surface area contributed by atoms with E-state index in [0.29, 0.717) is 28.9 Å². The van der Waals surface area contributed by atoms with Crippen molar-refractivity contribution >= 4 is 22.7 Å². The summed E-state index contributed by atoms with van der Waals surface area (Å²) < 4.78 is 14.7. The van der Waals surface area contributed by atoms with Gasteiger partial charge in [-0.05, 0) is 24.1 Å². The van der Waals surface area contributed by atoms with Crippen molar-refractivity contribution in [2.24, 2.45) is 5.92 Å². The van der Waals surface area contributed by atoms with Gasteiger partial charge in [-0.25, -0.2) is 4.39 Å². The highest BCUT2D eigenvalue weighted by atomic mass is 19.1. The zero-order valence-electron chi connectivity index (χ0n) is 11.7. The predicted octanol–water partition coefficient (Wildman–Crippen LogP) is 2.83. The van der Waals surface area contributed by atoms with Crippen molar-refractivity contribution in [1.29, 1.82) is 0 Å². The number of halogens is 1. The van der Waals surface area contributed by atoms with Gasteiger partial charge in [-0.15, -0.1) is 0 Å². The first-order chi connectivity index (χ1) is 9.40. The van der Waals surface area contributed by atoms with Gasteiger partial charge in [-0.1, -0.05) is 13.8 Å². The Morgan fingerprint density at radius 2 is 2.05 bits per heavy atom. The first-order valence-corrected chi connectivity index (χ1v) is 6.50. The largest absolute Gasteiger partial charge is 0.352 e. The Labute approximate surface area is 116 Å². The summed E-state index contributed by atoms with van der Waals surface area (Å²) >= 11 is 0. The van der Waals surface area contributed by atoms with E-state index >= 15 is 0 Å². The van der Waals surface area contributed by atoms with E-state index in [2.05, 4.69) is 5.32 Å². The summed E-state index contributed by atoms with van der Waals surface area (Å²) in [7, 11) is 0. The number of rotatable bonds is 3. The van der Waals surface area contributed by atoms with Gasteiger partial charge in [0.1, 0.15) is 5.82 Å². The molecule has 5 heteroatoms. The molecule has 20 heavy (non-hydrogen) atoms. The SMILES string of the molecule is CC(=O)n1cc(C(=O)NCC(C)C)c2cc(F)ccc21. The number of carbonyl (C=O) groups excluding carboxylic acids is 2. The van der Waals surface area contributed by atoms with Crippen LogP contribution in [0.1, 0.15) is 35.9 Å². The second-order valence-electron chi connectivity index (χ2n) is 5.20. The smallest absolute Gasteiger partial charge is 0.253 e. The van der Waals surface area contributed by atoms with Crippen LogP contribution < -0.4 is 5.32 Å². The van der Waals surface area contributed by atoms with Crippen LogP contribution in [0.25, 0.3) is 10.9 Å². The molecule has 0 saturated heterocycles. The zero-order chi connectivity index (χ0) is 14.9. The van der Waals surface area contributed by atoms with E-state index in [0.717, 1.165) is 0 Å². The van der Waals surface area contributed by atoms with Crippen molar-refractivity contribution in [3.05, 3.63) is 35.8 Å². The Bertz CT molecular complexity index is 674. The van der Waals surface area contributed by atoms with E-state index in [1.807, 2.05) is 13.8 Å². The maximum atomic E-state index is 13.4. The van der Waals surface area contributed by atoms with E-state index in [-0.39, 0.29) is 11.8 Å². The molecular formula is C15H17FN2O2. The molecule has 0 fully saturated rings. The number of nitrogens with one attached hydrogen (secondary N) is 1. The van der Waals surface area contributed by atoms with Crippen molar-refractivity contribution in [3.8, 4) is 0 Å². The maximum Gasteiger partial charge on any atom is 0.253 e. The number of hydrogen-bond acceptors (Lipinski definition) is 2. The van der Waals surface area contributed by atoms with Crippen LogP contribution >= 0.6 is 0 Å². The van der Waals surface area contributed by atoms with Gasteiger partial charge in [0.05, 0.1) is 11.1 Å². The van der Waals surface area contributed by atoms with Crippen molar-refractivity contribution in [2.45, 2.75) is 20.8 Å². The van der Waals surface area contributed by atoms with E-state index < -0.39 is 5.82 Å². The van der Waals surface area contributed by atoms with Crippen LogP contribution in [0.4, 0.5) is 4.39 Å². The lowest BCUT2D eigenvalue weighted by Gasteiger charge is -2.06. The van der Waals surface area contributed by atoms with E-state index in [1.54, 1.807) is 0 Å². The fraction of sp³-hybridized carbons (Fsp3) is 0.333. The van der Waals surface area contributed by atoms with Crippen LogP contribution in [0.5, 0.6) is 0 Å². The van der Waals surface area contributed by atoms with E-state index in [9.17, 15) is 14.0 Å². The van der Waals surface area contributed by atoms with Gasteiger partial charge < -0.3 is 5.32 Å². The first kappa shape index (κ1) is 14.2. The quantitative estimate of drug-likeness (QED) is 0.937. The number of benzene rings is 1. The molecule has 0 aliphatic rings. The summed E-state index contributed by atoms with van der Waals surface area (Å²) in [4.78, 5) is 23.7. The van der Waals surface area contributed by atoms with Crippen molar-refractivity contribution in [2.75, 3.05) is 6.54 Å². The van der Waals surface area contributed by atoms with E-state index in [1.165, 1.54) is 35.9 Å². The Kier molecular flexibility index (Phi) is 3.88. The molecule has 0 aliphatic carbocycles. The summed E-state index contributed by atoms with van der Waals surface area (Å²) in [6, 6.07) is 4.06. The van der Waals surface area contributed by atoms with Crippen molar-refractivity contribution in [1.82, 2.24) is 9.88 Å². The van der Waals surface area contributed by atoms with Gasteiger partial charge in [-0.2, -0.15) is 0 Å². The van der Waals surface area contributed by atoms with Gasteiger partial charge in [0.25, 0.3) is 5.91 Å². The molecule has 2 aromatic rings. The van der Waals surface area contributed by atoms with Crippen molar-refractivity contribution in [3.63, 3.8) is 0 Å². The van der Waals surface area contributed by atoms with Gasteiger partial charge in [0, 0.05) is 25.1 Å². The summed E-state index contributed by atoms with van der Waals surface area (Å²) in [6.45, 7) is 5.90. The van der Waals surface area contributed by atoms with Crippen LogP contribution in [0.2, 0.25) is 0 Å². The highest BCUT2D eigenvalue weighted by Crippen LogP contribution is 2.22. The molecule has 0 unspecified atom stereocenters. The summed E-state index contributed by atoms with van der Waals surface area (Å²) in [6.07, 6.45) is 1.46. The zero-order valence-corrected chi connectivity index (χ0v) is 11.7. The van der Waals surface area contributed by atoms with Crippen molar-refractivity contribution < 1.29 is 14.0 Å². The second kappa shape index (κ2) is 5.45. The Morgan fingerprint density at radius 3 is 2.65 bits per heavy atom. The van der Waals surface area contributed by atoms with Gasteiger partial charge in [-0.3, -0.25) is 14.2 Å². The molecule has 0 spiro atoms. The number of amides is 1. The molecule has 2 rings (SSSR count). The molecule has 0 atom stereocenters. The number of nitrogens with zero attached hydrogens (tertiary/aromatic N) is 1. The van der Waals surface area contributed by atoms with Crippen LogP contribution in [0.15, 0.2) is 24.4 Å². The minimum Gasteiger partial charge on any atom is -0.352 e. The highest BCUT2D eigenvalue weighted by molar-refractivity contribution is 6.09. The molecule has 1 aromatic carbocycles. The topological polar surface area (TPSA) is 51.1 Å². The minimum absolute atomic E-state index is 0.218. The monoisotopic (exact) mass is 276 g/mol. The third-order valence-electron chi connectivity index (χ3n) is 3.02. The Hall–Kier alpha value is -2.17. The molecule has 1 N–H and O–H groups in total. The second-order valence-corrected chi connectivity index (χ2v) is 5.20. The summed E-state index contributed by atoms with van der Waals surface area (Å²) in [5.41, 5.74) is 0.851. The van der Waals surface area contributed by atoms with Gasteiger partial charge in [0.15, 0.2) is 0 Å². The molecule has 1 amide bonds. The van der Waals surface area contributed by atoms with Crippen LogP contribution in [0, 0.1) is 11.7 Å². The van der Waals surface area contributed by atoms with E-state index in [4.69, 9.17) is 0 Å². The van der Waals surface area contributed by atoms with Crippen LogP contribution in [0.3, 0.4) is 0 Å². The lowest BCUT2D eigenvalue weighted by Crippen LogP contribution is -2.27. The molecule has 0 aliphatic heterocycles. The lowest BCUT2D eigenvalue weighted by molar-refractivity contribution is 0.0941. The van der Waals surface area contributed by atoms with Gasteiger partial charge >= 0.3 is 0 Å². The average Bonchev–Trinajstić information content (AvgIpc) is 2.74. The Morgan fingerprint density at radius 1 is 1.35 bits per heavy atom. The summed E-state index contributed by atoms with van der Waals surface area (Å²) in [5, 5.41) is 3.22. The highest BCUT2D eigenvalue weighted by Gasteiger charge is 2.17. The summed E-state index contributed by atoms with van der Waals surface area (Å²) in [5.74, 6) is -0.632. The number of fused-ring (bicyclic) bond motifs is 1. The van der Waals surface area contributed by atoms with Crippen LogP contribution in [-0.4, -0.2) is 22.9 Å². The third-order valence-corrected chi connectivity index (χ3v) is 3.02. The standard InChI is InChI=1S/C15H17FN2O2/c1-9(2)7-17-15(20)13-8-18(10(3)19)14-5-4-11(16)6-12(13)14/h4-6,8-9H,7H2,1-3H3,(H,17,20). The number of hydrogen-bond donors (Lipinski definition) is 1. The van der Waals surface area contributed by atoms with Gasteiger partial charge in [0.2, 0.25) is 5.91 Å². The molecule has 106 valence electrons. The normalized spacial score (nSPS) is 11.1. The molecule has 1 aromatic heterocycles. The molecule has 0 saturated carbocycles. The fourth-order valence-corrected chi connectivity index (χ4v) is 2.04. The minimum atomic E-state index is -0.434.